The summed E-state index contributed by atoms with van der Waals surface area (Å²) in [5.74, 6) is 1.13. The van der Waals surface area contributed by atoms with Crippen molar-refractivity contribution in [3.8, 4) is 11.4 Å². The Morgan fingerprint density at radius 3 is 2.76 bits per heavy atom. The molecule has 0 unspecified atom stereocenters. The zero-order chi connectivity index (χ0) is 14.8. The van der Waals surface area contributed by atoms with Crippen molar-refractivity contribution in [1.29, 1.82) is 0 Å². The van der Waals surface area contributed by atoms with E-state index in [2.05, 4.69) is 10.1 Å². The van der Waals surface area contributed by atoms with Crippen LogP contribution in [0.15, 0.2) is 28.8 Å². The summed E-state index contributed by atoms with van der Waals surface area (Å²) < 4.78 is 5.19. The van der Waals surface area contributed by atoms with E-state index in [1.54, 1.807) is 12.1 Å². The fraction of sp³-hybridized carbons (Fsp3) is 0.400. The third kappa shape index (κ3) is 3.42. The molecule has 6 heteroatoms. The maximum Gasteiger partial charge on any atom is 0.227 e. The lowest BCUT2D eigenvalue weighted by Crippen LogP contribution is -2.28. The summed E-state index contributed by atoms with van der Waals surface area (Å²) in [6.07, 6.45) is 3.10. The highest BCUT2D eigenvalue weighted by Crippen LogP contribution is 2.26. The van der Waals surface area contributed by atoms with Crippen molar-refractivity contribution in [2.24, 2.45) is 0 Å². The largest absolute Gasteiger partial charge is 0.343 e. The van der Waals surface area contributed by atoms with E-state index in [0.717, 1.165) is 18.4 Å². The van der Waals surface area contributed by atoms with Gasteiger partial charge in [0.15, 0.2) is 0 Å². The lowest BCUT2D eigenvalue weighted by molar-refractivity contribution is -0.130. The van der Waals surface area contributed by atoms with Crippen LogP contribution in [0.5, 0.6) is 0 Å². The van der Waals surface area contributed by atoms with Crippen molar-refractivity contribution in [3.63, 3.8) is 0 Å². The lowest BCUT2D eigenvalue weighted by atomic mass is 10.2. The van der Waals surface area contributed by atoms with Crippen molar-refractivity contribution >= 4 is 17.5 Å². The number of halogens is 1. The predicted octanol–water partition coefficient (Wildman–Crippen LogP) is 2.94. The highest BCUT2D eigenvalue weighted by Gasteiger charge is 2.29. The second-order valence-electron chi connectivity index (χ2n) is 5.25. The number of benzene rings is 1. The van der Waals surface area contributed by atoms with Gasteiger partial charge in [0.2, 0.25) is 17.6 Å². The minimum absolute atomic E-state index is 0.128. The number of nitrogens with zero attached hydrogens (tertiary/aromatic N) is 3. The van der Waals surface area contributed by atoms with Crippen molar-refractivity contribution in [2.45, 2.75) is 31.7 Å². The number of rotatable bonds is 5. The van der Waals surface area contributed by atoms with Crippen LogP contribution in [0.4, 0.5) is 0 Å². The van der Waals surface area contributed by atoms with Gasteiger partial charge in [-0.05, 0) is 37.1 Å². The van der Waals surface area contributed by atoms with E-state index in [0.29, 0.717) is 35.6 Å². The van der Waals surface area contributed by atoms with E-state index >= 15 is 0 Å². The zero-order valence-corrected chi connectivity index (χ0v) is 12.5. The van der Waals surface area contributed by atoms with Gasteiger partial charge < -0.3 is 9.42 Å². The molecule has 0 N–H and O–H groups in total. The van der Waals surface area contributed by atoms with Crippen LogP contribution in [0.1, 0.15) is 25.2 Å². The van der Waals surface area contributed by atoms with Crippen LogP contribution in [0, 0.1) is 0 Å². The number of hydrogen-bond acceptors (Lipinski definition) is 4. The molecular formula is C15H16ClN3O2. The molecule has 0 bridgehead atoms. The molecule has 1 heterocycles. The first kappa shape index (κ1) is 14.1. The first-order valence-electron chi connectivity index (χ1n) is 6.97. The Labute approximate surface area is 127 Å². The number of aryl methyl sites for hydroxylation is 1. The first-order valence-corrected chi connectivity index (χ1v) is 7.35. The van der Waals surface area contributed by atoms with Crippen LogP contribution in [0.25, 0.3) is 11.4 Å². The van der Waals surface area contributed by atoms with Crippen LogP contribution < -0.4 is 0 Å². The number of hydrogen-bond donors (Lipinski definition) is 0. The van der Waals surface area contributed by atoms with E-state index < -0.39 is 0 Å². The third-order valence-electron chi connectivity index (χ3n) is 3.61. The number of amides is 1. The summed E-state index contributed by atoms with van der Waals surface area (Å²) in [7, 11) is 1.85. The van der Waals surface area contributed by atoms with Crippen LogP contribution in [-0.4, -0.2) is 34.0 Å². The minimum Gasteiger partial charge on any atom is -0.343 e. The van der Waals surface area contributed by atoms with E-state index in [4.69, 9.17) is 16.1 Å². The molecule has 0 aliphatic heterocycles. The minimum atomic E-state index is 0.128. The normalized spacial score (nSPS) is 14.2. The van der Waals surface area contributed by atoms with E-state index in [-0.39, 0.29) is 5.91 Å². The van der Waals surface area contributed by atoms with Gasteiger partial charge in [-0.3, -0.25) is 4.79 Å². The smallest absolute Gasteiger partial charge is 0.227 e. The first-order chi connectivity index (χ1) is 10.1. The van der Waals surface area contributed by atoms with Gasteiger partial charge >= 0.3 is 0 Å². The van der Waals surface area contributed by atoms with Gasteiger partial charge in [-0.25, -0.2) is 0 Å². The monoisotopic (exact) mass is 305 g/mol. The molecule has 0 spiro atoms. The standard InChI is InChI=1S/C15H16ClN3O2/c1-19(12-6-7-12)14(20)9-8-13-17-15(18-21-13)10-2-4-11(16)5-3-10/h2-5,12H,6-9H2,1H3. The summed E-state index contributed by atoms with van der Waals surface area (Å²) in [6, 6.07) is 7.67. The molecule has 5 nitrogen and oxygen atoms in total. The number of aromatic nitrogens is 2. The SMILES string of the molecule is CN(C(=O)CCc1nc(-c2ccc(Cl)cc2)no1)C1CC1. The Balaban J connectivity index is 1.60. The fourth-order valence-corrected chi connectivity index (χ4v) is 2.25. The van der Waals surface area contributed by atoms with Crippen molar-refractivity contribution < 1.29 is 9.32 Å². The lowest BCUT2D eigenvalue weighted by Gasteiger charge is -2.15. The molecule has 1 aromatic carbocycles. The summed E-state index contributed by atoms with van der Waals surface area (Å²) in [5.41, 5.74) is 0.843. The summed E-state index contributed by atoms with van der Waals surface area (Å²) in [4.78, 5) is 18.1. The van der Waals surface area contributed by atoms with E-state index in [1.165, 1.54) is 0 Å². The predicted molar refractivity (Wildman–Crippen MR) is 78.9 cm³/mol. The third-order valence-corrected chi connectivity index (χ3v) is 3.86. The second kappa shape index (κ2) is 5.85. The Morgan fingerprint density at radius 1 is 1.38 bits per heavy atom. The molecule has 2 aromatic rings. The van der Waals surface area contributed by atoms with Crippen molar-refractivity contribution in [1.82, 2.24) is 15.0 Å². The molecule has 110 valence electrons. The summed E-state index contributed by atoms with van der Waals surface area (Å²) in [6.45, 7) is 0. The molecule has 1 aromatic heterocycles. The van der Waals surface area contributed by atoms with Gasteiger partial charge in [-0.15, -0.1) is 0 Å². The molecule has 1 saturated carbocycles. The molecule has 1 fully saturated rings. The average molecular weight is 306 g/mol. The zero-order valence-electron chi connectivity index (χ0n) is 11.8. The van der Waals surface area contributed by atoms with E-state index in [1.807, 2.05) is 24.1 Å². The van der Waals surface area contributed by atoms with Crippen molar-refractivity contribution in [2.75, 3.05) is 7.05 Å². The molecule has 1 aliphatic carbocycles. The molecule has 3 rings (SSSR count). The van der Waals surface area contributed by atoms with Crippen LogP contribution in [0.2, 0.25) is 5.02 Å². The topological polar surface area (TPSA) is 59.2 Å². The van der Waals surface area contributed by atoms with Gasteiger partial charge in [0.05, 0.1) is 0 Å². The van der Waals surface area contributed by atoms with Gasteiger partial charge in [0, 0.05) is 36.5 Å². The molecule has 21 heavy (non-hydrogen) atoms. The maximum atomic E-state index is 11.9. The molecule has 1 aliphatic rings. The second-order valence-corrected chi connectivity index (χ2v) is 5.69. The van der Waals surface area contributed by atoms with Crippen molar-refractivity contribution in [3.05, 3.63) is 35.2 Å². The van der Waals surface area contributed by atoms with Crippen LogP contribution in [-0.2, 0) is 11.2 Å². The highest BCUT2D eigenvalue weighted by atomic mass is 35.5. The Bertz CT molecular complexity index is 635. The summed E-state index contributed by atoms with van der Waals surface area (Å²) in [5, 5.41) is 4.60. The Morgan fingerprint density at radius 2 is 2.10 bits per heavy atom. The maximum absolute atomic E-state index is 11.9. The van der Waals surface area contributed by atoms with Gasteiger partial charge in [0.1, 0.15) is 0 Å². The van der Waals surface area contributed by atoms with Crippen LogP contribution in [0.3, 0.4) is 0 Å². The number of carbonyl (C=O) groups excluding carboxylic acids is 1. The molecule has 0 radical (unpaired) electrons. The molecular weight excluding hydrogens is 290 g/mol. The molecule has 0 atom stereocenters. The highest BCUT2D eigenvalue weighted by molar-refractivity contribution is 6.30. The van der Waals surface area contributed by atoms with Gasteiger partial charge in [0.25, 0.3) is 0 Å². The summed E-state index contributed by atoms with van der Waals surface area (Å²) >= 11 is 5.84. The number of carbonyl (C=O) groups is 1. The van der Waals surface area contributed by atoms with Crippen LogP contribution >= 0.6 is 11.6 Å². The van der Waals surface area contributed by atoms with E-state index in [9.17, 15) is 4.79 Å². The molecule has 1 amide bonds. The van der Waals surface area contributed by atoms with Gasteiger partial charge in [-0.1, -0.05) is 16.8 Å². The Kier molecular flexibility index (Phi) is 3.92. The van der Waals surface area contributed by atoms with Gasteiger partial charge in [-0.2, -0.15) is 4.98 Å². The quantitative estimate of drug-likeness (QED) is 0.852. The fourth-order valence-electron chi connectivity index (χ4n) is 2.13. The Hall–Kier alpha value is -1.88. The molecule has 0 saturated heterocycles. The average Bonchev–Trinajstić information content (AvgIpc) is 3.23.